The quantitative estimate of drug-likeness (QED) is 0.501. The smallest absolute Gasteiger partial charge is 0.260 e. The summed E-state index contributed by atoms with van der Waals surface area (Å²) in [6, 6.07) is 14.0. The van der Waals surface area contributed by atoms with E-state index in [0.29, 0.717) is 11.5 Å². The Kier molecular flexibility index (Phi) is 6.01. The number of benzene rings is 2. The number of nitrogens with two attached hydrogens (primary N) is 1. The fourth-order valence-electron chi connectivity index (χ4n) is 2.43. The number of sulfone groups is 1. The molecule has 26 heavy (non-hydrogen) atoms. The number of carbonyl (C=O) groups is 1. The number of para-hydroxylation sites is 1. The molecule has 0 aliphatic carbocycles. The largest absolute Gasteiger partial charge is 0.457 e. The molecular formula is C18H22N2O5S. The van der Waals surface area contributed by atoms with Crippen molar-refractivity contribution in [3.63, 3.8) is 0 Å². The minimum absolute atomic E-state index is 0.0996. The minimum atomic E-state index is -3.69. The first-order chi connectivity index (χ1) is 12.2. The lowest BCUT2D eigenvalue weighted by Crippen LogP contribution is -2.51. The van der Waals surface area contributed by atoms with Gasteiger partial charge in [0, 0.05) is 5.41 Å². The Balaban J connectivity index is 2.15. The van der Waals surface area contributed by atoms with Gasteiger partial charge in [0.2, 0.25) is 0 Å². The number of nitrogens with one attached hydrogen (secondary N) is 1. The molecule has 0 aliphatic rings. The molecule has 0 heterocycles. The summed E-state index contributed by atoms with van der Waals surface area (Å²) in [5.74, 6) is -0.0409. The van der Waals surface area contributed by atoms with Crippen LogP contribution in [0.25, 0.3) is 0 Å². The highest BCUT2D eigenvalue weighted by Gasteiger charge is 2.37. The van der Waals surface area contributed by atoms with Crippen LogP contribution < -0.4 is 16.0 Å². The van der Waals surface area contributed by atoms with Crippen LogP contribution in [0.2, 0.25) is 0 Å². The van der Waals surface area contributed by atoms with E-state index < -0.39 is 27.2 Å². The number of hydroxylamine groups is 1. The molecule has 7 nitrogen and oxygen atoms in total. The molecule has 0 radical (unpaired) electrons. The average molecular weight is 378 g/mol. The van der Waals surface area contributed by atoms with Gasteiger partial charge in [0.1, 0.15) is 11.5 Å². The number of rotatable bonds is 7. The standard InChI is InChI=1S/C18H22N2O5S/c1-18(2,16(19)17(21)20-22)12-26(23,24)15-10-8-14(9-11-15)25-13-6-4-3-5-7-13/h3-11,16,22H,12,19H2,1-2H3,(H,20,21)/t16-/m1/s1. The van der Waals surface area contributed by atoms with Gasteiger partial charge in [-0.25, -0.2) is 13.9 Å². The first-order valence-electron chi connectivity index (χ1n) is 7.91. The maximum absolute atomic E-state index is 12.6. The van der Waals surface area contributed by atoms with E-state index in [4.69, 9.17) is 15.7 Å². The van der Waals surface area contributed by atoms with Crippen LogP contribution in [-0.4, -0.2) is 31.3 Å². The van der Waals surface area contributed by atoms with E-state index in [1.807, 2.05) is 18.2 Å². The van der Waals surface area contributed by atoms with E-state index in [0.717, 1.165) is 0 Å². The average Bonchev–Trinajstić information content (AvgIpc) is 2.61. The van der Waals surface area contributed by atoms with Crippen LogP contribution in [0.3, 0.4) is 0 Å². The molecule has 1 amide bonds. The van der Waals surface area contributed by atoms with E-state index >= 15 is 0 Å². The molecule has 2 rings (SSSR count). The van der Waals surface area contributed by atoms with Crippen molar-refractivity contribution in [3.8, 4) is 11.5 Å². The van der Waals surface area contributed by atoms with E-state index in [1.54, 1.807) is 38.1 Å². The van der Waals surface area contributed by atoms with Crippen molar-refractivity contribution in [2.75, 3.05) is 5.75 Å². The molecule has 0 aliphatic heterocycles. The normalized spacial score (nSPS) is 13.1. The predicted octanol–water partition coefficient (Wildman–Crippen LogP) is 2.11. The van der Waals surface area contributed by atoms with Gasteiger partial charge in [0.05, 0.1) is 16.7 Å². The molecule has 0 unspecified atom stereocenters. The van der Waals surface area contributed by atoms with Gasteiger partial charge in [0.25, 0.3) is 5.91 Å². The zero-order valence-corrected chi connectivity index (χ0v) is 15.4. The lowest BCUT2D eigenvalue weighted by molar-refractivity contribution is -0.132. The van der Waals surface area contributed by atoms with Crippen LogP contribution in [0.15, 0.2) is 59.5 Å². The van der Waals surface area contributed by atoms with Crippen LogP contribution in [0.5, 0.6) is 11.5 Å². The Morgan fingerprint density at radius 3 is 2.19 bits per heavy atom. The van der Waals surface area contributed by atoms with E-state index in [-0.39, 0.29) is 10.6 Å². The molecule has 140 valence electrons. The number of hydrogen-bond donors (Lipinski definition) is 3. The molecule has 4 N–H and O–H groups in total. The second kappa shape index (κ2) is 7.86. The summed E-state index contributed by atoms with van der Waals surface area (Å²) in [7, 11) is -3.69. The third-order valence-corrected chi connectivity index (χ3v) is 6.07. The highest BCUT2D eigenvalue weighted by molar-refractivity contribution is 7.91. The maximum Gasteiger partial charge on any atom is 0.260 e. The first-order valence-corrected chi connectivity index (χ1v) is 9.56. The van der Waals surface area contributed by atoms with Crippen molar-refractivity contribution < 1.29 is 23.2 Å². The maximum atomic E-state index is 12.6. The summed E-state index contributed by atoms with van der Waals surface area (Å²) in [5, 5.41) is 8.69. The number of hydrogen-bond acceptors (Lipinski definition) is 6. The first kappa shape index (κ1) is 19.9. The van der Waals surface area contributed by atoms with Gasteiger partial charge in [-0.1, -0.05) is 32.0 Å². The summed E-state index contributed by atoms with van der Waals surface area (Å²) >= 11 is 0. The van der Waals surface area contributed by atoms with Gasteiger partial charge < -0.3 is 10.5 Å². The van der Waals surface area contributed by atoms with Crippen LogP contribution in [0.1, 0.15) is 13.8 Å². The fraction of sp³-hybridized carbons (Fsp3) is 0.278. The molecule has 0 fully saturated rings. The Bertz CT molecular complexity index is 849. The third kappa shape index (κ3) is 4.81. The topological polar surface area (TPSA) is 119 Å². The lowest BCUT2D eigenvalue weighted by atomic mass is 9.87. The molecular weight excluding hydrogens is 356 g/mol. The second-order valence-corrected chi connectivity index (χ2v) is 8.58. The van der Waals surface area contributed by atoms with Gasteiger partial charge in [-0.05, 0) is 36.4 Å². The summed E-state index contributed by atoms with van der Waals surface area (Å²) in [5.41, 5.74) is 6.12. The van der Waals surface area contributed by atoms with Crippen LogP contribution >= 0.6 is 0 Å². The number of ether oxygens (including phenoxy) is 1. The highest BCUT2D eigenvalue weighted by Crippen LogP contribution is 2.28. The Morgan fingerprint density at radius 2 is 1.65 bits per heavy atom. The molecule has 2 aromatic carbocycles. The number of carbonyl (C=O) groups excluding carboxylic acids is 1. The molecule has 0 saturated heterocycles. The molecule has 1 atom stereocenters. The summed E-state index contributed by atoms with van der Waals surface area (Å²) in [4.78, 5) is 11.6. The molecule has 2 aromatic rings. The van der Waals surface area contributed by atoms with Crippen molar-refractivity contribution in [2.24, 2.45) is 11.1 Å². The zero-order valence-electron chi connectivity index (χ0n) is 14.5. The minimum Gasteiger partial charge on any atom is -0.457 e. The highest BCUT2D eigenvalue weighted by atomic mass is 32.2. The summed E-state index contributed by atoms with van der Waals surface area (Å²) in [6.07, 6.45) is 0. The van der Waals surface area contributed by atoms with Crippen molar-refractivity contribution in [3.05, 3.63) is 54.6 Å². The van der Waals surface area contributed by atoms with Crippen molar-refractivity contribution >= 4 is 15.7 Å². The molecule has 8 heteroatoms. The van der Waals surface area contributed by atoms with E-state index in [2.05, 4.69) is 0 Å². The number of amides is 1. The van der Waals surface area contributed by atoms with Crippen molar-refractivity contribution in [2.45, 2.75) is 24.8 Å². The predicted molar refractivity (Wildman–Crippen MR) is 96.7 cm³/mol. The van der Waals surface area contributed by atoms with Crippen molar-refractivity contribution in [1.82, 2.24) is 5.48 Å². The molecule has 0 saturated carbocycles. The van der Waals surface area contributed by atoms with E-state index in [9.17, 15) is 13.2 Å². The van der Waals surface area contributed by atoms with Crippen LogP contribution in [0, 0.1) is 5.41 Å². The molecule has 0 aromatic heterocycles. The van der Waals surface area contributed by atoms with Crippen LogP contribution in [0.4, 0.5) is 0 Å². The van der Waals surface area contributed by atoms with Gasteiger partial charge in [-0.3, -0.25) is 10.0 Å². The SMILES string of the molecule is CC(C)(CS(=O)(=O)c1ccc(Oc2ccccc2)cc1)[C@H](N)C(=O)NO. The fourth-order valence-corrected chi connectivity index (χ4v) is 4.30. The Labute approximate surface area is 152 Å². The Morgan fingerprint density at radius 1 is 1.12 bits per heavy atom. The molecule has 0 bridgehead atoms. The summed E-state index contributed by atoms with van der Waals surface area (Å²) < 4.78 is 30.9. The van der Waals surface area contributed by atoms with Gasteiger partial charge in [-0.2, -0.15) is 0 Å². The summed E-state index contributed by atoms with van der Waals surface area (Å²) in [6.45, 7) is 3.11. The molecule has 0 spiro atoms. The van der Waals surface area contributed by atoms with Crippen LogP contribution in [-0.2, 0) is 14.6 Å². The van der Waals surface area contributed by atoms with Gasteiger partial charge in [0.15, 0.2) is 9.84 Å². The monoisotopic (exact) mass is 378 g/mol. The third-order valence-electron chi connectivity index (χ3n) is 3.96. The lowest BCUT2D eigenvalue weighted by Gasteiger charge is -2.29. The second-order valence-electron chi connectivity index (χ2n) is 6.59. The zero-order chi connectivity index (χ0) is 19.4. The van der Waals surface area contributed by atoms with E-state index in [1.165, 1.54) is 17.6 Å². The van der Waals surface area contributed by atoms with Gasteiger partial charge >= 0.3 is 0 Å². The van der Waals surface area contributed by atoms with Crippen molar-refractivity contribution in [1.29, 1.82) is 0 Å². The van der Waals surface area contributed by atoms with Gasteiger partial charge in [-0.15, -0.1) is 0 Å². The Hall–Kier alpha value is -2.42.